The van der Waals surface area contributed by atoms with Gasteiger partial charge in [-0.3, -0.25) is 0 Å². The predicted octanol–water partition coefficient (Wildman–Crippen LogP) is 2.74. The van der Waals surface area contributed by atoms with Gasteiger partial charge in [-0.2, -0.15) is 0 Å². The van der Waals surface area contributed by atoms with E-state index in [1.165, 1.54) is 12.8 Å². The van der Waals surface area contributed by atoms with E-state index >= 15 is 0 Å². The second kappa shape index (κ2) is 6.39. The van der Waals surface area contributed by atoms with Crippen LogP contribution in [-0.2, 0) is 4.74 Å². The molecule has 0 rings (SSSR count). The third kappa shape index (κ3) is 4.10. The lowest BCUT2D eigenvalue weighted by atomic mass is 9.92. The van der Waals surface area contributed by atoms with E-state index in [0.29, 0.717) is 0 Å². The fourth-order valence-electron chi connectivity index (χ4n) is 1.41. The zero-order valence-electron chi connectivity index (χ0n) is 9.47. The normalized spacial score (nSPS) is 18.2. The van der Waals surface area contributed by atoms with Crippen molar-refractivity contribution >= 4 is 0 Å². The highest BCUT2D eigenvalue weighted by Crippen LogP contribution is 2.22. The lowest BCUT2D eigenvalue weighted by Gasteiger charge is -2.32. The van der Waals surface area contributed by atoms with Crippen LogP contribution >= 0.6 is 0 Å². The highest BCUT2D eigenvalue weighted by Gasteiger charge is 2.30. The SMILES string of the molecule is CCCCCC(O)C(C)(CC)OC. The Balaban J connectivity index is 3.84. The minimum absolute atomic E-state index is 0.325. The first-order chi connectivity index (χ1) is 6.10. The highest BCUT2D eigenvalue weighted by molar-refractivity contribution is 4.81. The molecule has 0 radical (unpaired) electrons. The topological polar surface area (TPSA) is 29.5 Å². The van der Waals surface area contributed by atoms with Crippen molar-refractivity contribution < 1.29 is 9.84 Å². The Labute approximate surface area is 82.3 Å². The molecule has 2 atom stereocenters. The molecule has 1 N–H and O–H groups in total. The van der Waals surface area contributed by atoms with Gasteiger partial charge in [0, 0.05) is 7.11 Å². The van der Waals surface area contributed by atoms with Crippen molar-refractivity contribution in [2.75, 3.05) is 7.11 Å². The smallest absolute Gasteiger partial charge is 0.0905 e. The Hall–Kier alpha value is -0.0800. The molecule has 2 nitrogen and oxygen atoms in total. The van der Waals surface area contributed by atoms with E-state index < -0.39 is 0 Å². The van der Waals surface area contributed by atoms with Crippen molar-refractivity contribution in [1.82, 2.24) is 0 Å². The molecule has 0 aliphatic rings. The summed E-state index contributed by atoms with van der Waals surface area (Å²) in [5.41, 5.74) is -0.353. The number of ether oxygens (including phenoxy) is 1. The molecule has 0 bridgehead atoms. The second-order valence-electron chi connectivity index (χ2n) is 3.88. The lowest BCUT2D eigenvalue weighted by Crippen LogP contribution is -2.40. The Morgan fingerprint density at radius 2 is 1.92 bits per heavy atom. The Bertz CT molecular complexity index is 119. The van der Waals surface area contributed by atoms with Gasteiger partial charge in [0.1, 0.15) is 0 Å². The lowest BCUT2D eigenvalue weighted by molar-refractivity contribution is -0.0953. The molecule has 0 aromatic rings. The van der Waals surface area contributed by atoms with Crippen LogP contribution in [0.2, 0.25) is 0 Å². The molecule has 0 amide bonds. The molecule has 2 unspecified atom stereocenters. The summed E-state index contributed by atoms with van der Waals surface area (Å²) in [6.07, 6.45) is 4.87. The summed E-state index contributed by atoms with van der Waals surface area (Å²) in [7, 11) is 1.67. The number of hydrogen-bond donors (Lipinski definition) is 1. The minimum Gasteiger partial charge on any atom is -0.390 e. The van der Waals surface area contributed by atoms with Crippen LogP contribution in [0.5, 0.6) is 0 Å². The van der Waals surface area contributed by atoms with Gasteiger partial charge < -0.3 is 9.84 Å². The van der Waals surface area contributed by atoms with Gasteiger partial charge in [0.15, 0.2) is 0 Å². The molecule has 0 fully saturated rings. The van der Waals surface area contributed by atoms with E-state index in [1.807, 2.05) is 13.8 Å². The molecule has 0 saturated heterocycles. The van der Waals surface area contributed by atoms with Crippen molar-refractivity contribution in [3.8, 4) is 0 Å². The predicted molar refractivity (Wildman–Crippen MR) is 55.9 cm³/mol. The van der Waals surface area contributed by atoms with Crippen LogP contribution < -0.4 is 0 Å². The molecule has 0 saturated carbocycles. The van der Waals surface area contributed by atoms with E-state index in [2.05, 4.69) is 6.92 Å². The molecule has 2 heteroatoms. The molecule has 13 heavy (non-hydrogen) atoms. The van der Waals surface area contributed by atoms with Crippen LogP contribution in [0.15, 0.2) is 0 Å². The molecule has 0 spiro atoms. The summed E-state index contributed by atoms with van der Waals surface area (Å²) in [5, 5.41) is 9.87. The van der Waals surface area contributed by atoms with E-state index in [9.17, 15) is 5.11 Å². The highest BCUT2D eigenvalue weighted by atomic mass is 16.5. The summed E-state index contributed by atoms with van der Waals surface area (Å²) < 4.78 is 5.33. The van der Waals surface area contributed by atoms with E-state index in [0.717, 1.165) is 19.3 Å². The molecule has 0 aliphatic heterocycles. The number of aliphatic hydroxyl groups excluding tert-OH is 1. The van der Waals surface area contributed by atoms with Crippen molar-refractivity contribution in [3.05, 3.63) is 0 Å². The van der Waals surface area contributed by atoms with Gasteiger partial charge in [0.25, 0.3) is 0 Å². The fraction of sp³-hybridized carbons (Fsp3) is 1.00. The van der Waals surface area contributed by atoms with Gasteiger partial charge in [-0.05, 0) is 19.8 Å². The molecule has 0 aromatic heterocycles. The zero-order valence-corrected chi connectivity index (χ0v) is 9.47. The first-order valence-electron chi connectivity index (χ1n) is 5.34. The average Bonchev–Trinajstić information content (AvgIpc) is 2.17. The summed E-state index contributed by atoms with van der Waals surface area (Å²) in [4.78, 5) is 0. The Morgan fingerprint density at radius 3 is 2.31 bits per heavy atom. The third-order valence-corrected chi connectivity index (χ3v) is 2.95. The number of hydrogen-bond acceptors (Lipinski definition) is 2. The largest absolute Gasteiger partial charge is 0.390 e. The van der Waals surface area contributed by atoms with Gasteiger partial charge in [-0.1, -0.05) is 33.1 Å². The van der Waals surface area contributed by atoms with Gasteiger partial charge >= 0.3 is 0 Å². The molecule has 0 aromatic carbocycles. The van der Waals surface area contributed by atoms with Crippen LogP contribution in [0.1, 0.15) is 52.9 Å². The zero-order chi connectivity index (χ0) is 10.3. The van der Waals surface area contributed by atoms with E-state index in [-0.39, 0.29) is 11.7 Å². The van der Waals surface area contributed by atoms with Crippen molar-refractivity contribution in [1.29, 1.82) is 0 Å². The van der Waals surface area contributed by atoms with Gasteiger partial charge in [-0.15, -0.1) is 0 Å². The van der Waals surface area contributed by atoms with Crippen LogP contribution in [0.4, 0.5) is 0 Å². The molecular formula is C11H24O2. The van der Waals surface area contributed by atoms with Crippen molar-refractivity contribution in [3.63, 3.8) is 0 Å². The van der Waals surface area contributed by atoms with Crippen molar-refractivity contribution in [2.45, 2.75) is 64.6 Å². The average molecular weight is 188 g/mol. The Kier molecular flexibility index (Phi) is 6.35. The molecule has 0 heterocycles. The van der Waals surface area contributed by atoms with E-state index in [1.54, 1.807) is 7.11 Å². The molecular weight excluding hydrogens is 164 g/mol. The van der Waals surface area contributed by atoms with E-state index in [4.69, 9.17) is 4.74 Å². The monoisotopic (exact) mass is 188 g/mol. The second-order valence-corrected chi connectivity index (χ2v) is 3.88. The molecule has 0 aliphatic carbocycles. The van der Waals surface area contributed by atoms with Crippen LogP contribution in [0.3, 0.4) is 0 Å². The summed E-state index contributed by atoms with van der Waals surface area (Å²) in [6, 6.07) is 0. The Morgan fingerprint density at radius 1 is 1.31 bits per heavy atom. The first-order valence-corrected chi connectivity index (χ1v) is 5.34. The maximum Gasteiger partial charge on any atom is 0.0905 e. The van der Waals surface area contributed by atoms with Gasteiger partial charge in [0.2, 0.25) is 0 Å². The quantitative estimate of drug-likeness (QED) is 0.622. The minimum atomic E-state index is -0.353. The standard InChI is InChI=1S/C11H24O2/c1-5-7-8-9-10(12)11(3,6-2)13-4/h10,12H,5-9H2,1-4H3. The maximum atomic E-state index is 9.87. The van der Waals surface area contributed by atoms with Crippen molar-refractivity contribution in [2.24, 2.45) is 0 Å². The number of methoxy groups -OCH3 is 1. The summed E-state index contributed by atoms with van der Waals surface area (Å²) in [6.45, 7) is 6.19. The maximum absolute atomic E-state index is 9.87. The van der Waals surface area contributed by atoms with Crippen LogP contribution in [0.25, 0.3) is 0 Å². The number of unbranched alkanes of at least 4 members (excludes halogenated alkanes) is 2. The third-order valence-electron chi connectivity index (χ3n) is 2.95. The van der Waals surface area contributed by atoms with Crippen LogP contribution in [0, 0.1) is 0 Å². The summed E-state index contributed by atoms with van der Waals surface area (Å²) in [5.74, 6) is 0. The van der Waals surface area contributed by atoms with Gasteiger partial charge in [-0.25, -0.2) is 0 Å². The molecule has 80 valence electrons. The van der Waals surface area contributed by atoms with Gasteiger partial charge in [0.05, 0.1) is 11.7 Å². The number of rotatable bonds is 7. The number of aliphatic hydroxyl groups is 1. The fourth-order valence-corrected chi connectivity index (χ4v) is 1.41. The first kappa shape index (κ1) is 12.9. The summed E-state index contributed by atoms with van der Waals surface area (Å²) >= 11 is 0. The van der Waals surface area contributed by atoms with Crippen LogP contribution in [-0.4, -0.2) is 23.9 Å².